The molecule has 0 fully saturated rings. The van der Waals surface area contributed by atoms with Gasteiger partial charge in [-0.1, -0.05) is 137 Å². The molecule has 57 heavy (non-hydrogen) atoms. The van der Waals surface area contributed by atoms with Crippen molar-refractivity contribution in [1.82, 2.24) is 4.57 Å². The maximum absolute atomic E-state index is 4.80. The van der Waals surface area contributed by atoms with E-state index in [4.69, 9.17) is 6.58 Å². The number of allylic oxidation sites excluding steroid dienone is 1. The van der Waals surface area contributed by atoms with Crippen LogP contribution in [-0.2, 0) is 11.0 Å². The summed E-state index contributed by atoms with van der Waals surface area (Å²) in [4.78, 5) is 0. The second-order valence-electron chi connectivity index (χ2n) is 16.7. The van der Waals surface area contributed by atoms with Crippen LogP contribution in [0.25, 0.3) is 88.5 Å². The summed E-state index contributed by atoms with van der Waals surface area (Å²) in [6, 6.07) is 58.9. The Morgan fingerprint density at radius 1 is 0.526 bits per heavy atom. The Morgan fingerprint density at radius 3 is 1.86 bits per heavy atom. The fourth-order valence-corrected chi connectivity index (χ4v) is 10.4. The summed E-state index contributed by atoms with van der Waals surface area (Å²) in [5.74, 6) is 0. The summed E-state index contributed by atoms with van der Waals surface area (Å²) >= 11 is 0. The first kappa shape index (κ1) is 33.8. The van der Waals surface area contributed by atoms with E-state index < -0.39 is 0 Å². The molecule has 7 aromatic carbocycles. The maximum atomic E-state index is 4.80. The number of aromatic nitrogens is 2. The van der Waals surface area contributed by atoms with Gasteiger partial charge in [-0.05, 0) is 104 Å². The lowest BCUT2D eigenvalue weighted by molar-refractivity contribution is -0.740. The first-order valence-electron chi connectivity index (χ1n) is 20.5. The fourth-order valence-electron chi connectivity index (χ4n) is 10.4. The van der Waals surface area contributed by atoms with Crippen LogP contribution in [0, 0.1) is 0 Å². The van der Waals surface area contributed by atoms with Crippen molar-refractivity contribution in [2.45, 2.75) is 51.5 Å². The van der Waals surface area contributed by atoms with Crippen LogP contribution in [0.1, 0.15) is 57.2 Å². The predicted molar refractivity (Wildman–Crippen MR) is 240 cm³/mol. The zero-order chi connectivity index (χ0) is 38.6. The summed E-state index contributed by atoms with van der Waals surface area (Å²) in [7, 11) is 0. The smallest absolute Gasteiger partial charge is 0.214 e. The molecule has 2 heteroatoms. The van der Waals surface area contributed by atoms with E-state index in [-0.39, 0.29) is 11.0 Å². The van der Waals surface area contributed by atoms with E-state index >= 15 is 0 Å². The van der Waals surface area contributed by atoms with Gasteiger partial charge in [-0.15, -0.1) is 0 Å². The van der Waals surface area contributed by atoms with Crippen LogP contribution in [0.5, 0.6) is 0 Å². The molecule has 0 aliphatic carbocycles. The number of nitrogens with zero attached hydrogens (tertiary/aromatic N) is 2. The van der Waals surface area contributed by atoms with Crippen LogP contribution in [0.4, 0.5) is 0 Å². The zero-order valence-electron chi connectivity index (χ0n) is 33.1. The standard InChI is InChI=1S/C55H45N2/c1-6-55(7-2)35(3)44-25-22-40(29-45(44)52-33-38-20-14-15-21-42(38)34-56(52)55)41-24-27-51-48(31-41)54(4,5)49-32-43(37-18-12-9-13-19-37)30-47-46-28-39(36-16-10-8-11-17-36)23-26-50(46)57(51)53(47)49/h8-34H,3,6-7H2,1-2,4-5H3/q+1. The lowest BCUT2D eigenvalue weighted by Gasteiger charge is -2.36. The summed E-state index contributed by atoms with van der Waals surface area (Å²) in [6.07, 6.45) is 4.34. The van der Waals surface area contributed by atoms with E-state index in [1.165, 1.54) is 105 Å². The van der Waals surface area contributed by atoms with Gasteiger partial charge in [0.2, 0.25) is 5.69 Å². The number of benzene rings is 7. The molecule has 4 heterocycles. The molecule has 0 atom stereocenters. The van der Waals surface area contributed by atoms with Crippen LogP contribution in [-0.4, -0.2) is 4.57 Å². The highest BCUT2D eigenvalue weighted by atomic mass is 15.1. The van der Waals surface area contributed by atoms with Crippen molar-refractivity contribution in [3.05, 3.63) is 187 Å². The van der Waals surface area contributed by atoms with Gasteiger partial charge in [-0.3, -0.25) is 0 Å². The molecule has 2 aromatic heterocycles. The molecule has 0 saturated heterocycles. The maximum Gasteiger partial charge on any atom is 0.214 e. The van der Waals surface area contributed by atoms with Gasteiger partial charge in [0.15, 0.2) is 11.7 Å². The molecule has 0 saturated carbocycles. The van der Waals surface area contributed by atoms with E-state index in [9.17, 15) is 0 Å². The Kier molecular flexibility index (Phi) is 7.26. The highest BCUT2D eigenvalue weighted by Gasteiger charge is 2.47. The molecular weight excluding hydrogens is 689 g/mol. The highest BCUT2D eigenvalue weighted by molar-refractivity contribution is 6.14. The third-order valence-corrected chi connectivity index (χ3v) is 13.6. The first-order chi connectivity index (χ1) is 27.8. The fraction of sp³-hybridized carbons (Fsp3) is 0.145. The zero-order valence-corrected chi connectivity index (χ0v) is 33.1. The van der Waals surface area contributed by atoms with E-state index in [2.05, 4.69) is 201 Å². The Balaban J connectivity index is 1.13. The number of hydrogen-bond acceptors (Lipinski definition) is 0. The SMILES string of the molecule is C=C1c2ccc(-c3ccc4c(c3)C(C)(C)c3cc(-c5ccccc5)cc5c6cc(-c7ccccc7)ccc6n-4c35)cc2-c2cc3ccccc3c[n+]2C1(CC)CC. The third kappa shape index (κ3) is 4.74. The van der Waals surface area contributed by atoms with E-state index in [1.54, 1.807) is 0 Å². The van der Waals surface area contributed by atoms with Crippen LogP contribution in [0.15, 0.2) is 171 Å². The average molecular weight is 734 g/mol. The van der Waals surface area contributed by atoms with Crippen LogP contribution in [0.2, 0.25) is 0 Å². The van der Waals surface area contributed by atoms with E-state index in [1.807, 2.05) is 0 Å². The molecule has 0 N–H and O–H groups in total. The molecule has 0 bridgehead atoms. The second-order valence-corrected chi connectivity index (χ2v) is 16.7. The minimum absolute atomic E-state index is 0.164. The largest absolute Gasteiger partial charge is 0.309 e. The normalized spacial score (nSPS) is 14.8. The minimum atomic E-state index is -0.257. The van der Waals surface area contributed by atoms with Gasteiger partial charge in [0.25, 0.3) is 0 Å². The lowest BCUT2D eigenvalue weighted by Crippen LogP contribution is -2.59. The van der Waals surface area contributed by atoms with Gasteiger partial charge in [0.1, 0.15) is 0 Å². The summed E-state index contributed by atoms with van der Waals surface area (Å²) in [5, 5.41) is 5.11. The van der Waals surface area contributed by atoms with Gasteiger partial charge >= 0.3 is 0 Å². The molecular formula is C55H45N2+. The van der Waals surface area contributed by atoms with Crippen LogP contribution in [0.3, 0.4) is 0 Å². The van der Waals surface area contributed by atoms with Gasteiger partial charge < -0.3 is 4.57 Å². The minimum Gasteiger partial charge on any atom is -0.309 e. The third-order valence-electron chi connectivity index (χ3n) is 13.6. The van der Waals surface area contributed by atoms with Crippen molar-refractivity contribution in [3.8, 4) is 50.3 Å². The quantitative estimate of drug-likeness (QED) is 0.156. The van der Waals surface area contributed by atoms with Crippen molar-refractivity contribution < 1.29 is 4.57 Å². The van der Waals surface area contributed by atoms with Gasteiger partial charge in [0, 0.05) is 46.1 Å². The first-order valence-corrected chi connectivity index (χ1v) is 20.5. The van der Waals surface area contributed by atoms with Crippen molar-refractivity contribution in [2.24, 2.45) is 0 Å². The van der Waals surface area contributed by atoms with E-state index in [0.717, 1.165) is 12.8 Å². The molecule has 2 aliphatic rings. The van der Waals surface area contributed by atoms with Crippen molar-refractivity contribution in [3.63, 3.8) is 0 Å². The monoisotopic (exact) mass is 733 g/mol. The molecule has 11 rings (SSSR count). The van der Waals surface area contributed by atoms with Crippen molar-refractivity contribution >= 4 is 38.2 Å². The van der Waals surface area contributed by atoms with Gasteiger partial charge in [0.05, 0.1) is 22.3 Å². The van der Waals surface area contributed by atoms with Crippen molar-refractivity contribution in [2.75, 3.05) is 0 Å². The Bertz CT molecular complexity index is 3120. The molecule has 274 valence electrons. The summed E-state index contributed by atoms with van der Waals surface area (Å²) < 4.78 is 5.07. The molecule has 2 aliphatic heterocycles. The Hall–Kier alpha value is -6.51. The summed E-state index contributed by atoms with van der Waals surface area (Å²) in [6.45, 7) is 14.2. The van der Waals surface area contributed by atoms with Gasteiger partial charge in [-0.25, -0.2) is 0 Å². The number of rotatable bonds is 5. The van der Waals surface area contributed by atoms with Crippen molar-refractivity contribution in [1.29, 1.82) is 0 Å². The molecule has 0 spiro atoms. The molecule has 0 amide bonds. The molecule has 2 nitrogen and oxygen atoms in total. The Morgan fingerprint density at radius 2 is 1.12 bits per heavy atom. The molecule has 0 unspecified atom stereocenters. The summed E-state index contributed by atoms with van der Waals surface area (Å²) in [5.41, 5.74) is 18.5. The second kappa shape index (κ2) is 12.2. The number of fused-ring (bicyclic) bond motifs is 9. The number of pyridine rings is 1. The Labute approximate surface area is 335 Å². The lowest BCUT2D eigenvalue weighted by atomic mass is 9.73. The van der Waals surface area contributed by atoms with Crippen LogP contribution >= 0.6 is 0 Å². The predicted octanol–water partition coefficient (Wildman–Crippen LogP) is 14.1. The highest BCUT2D eigenvalue weighted by Crippen LogP contribution is 2.51. The molecule has 9 aromatic rings. The number of hydrogen-bond donors (Lipinski definition) is 0. The average Bonchev–Trinajstić information content (AvgIpc) is 3.59. The van der Waals surface area contributed by atoms with E-state index in [0.29, 0.717) is 0 Å². The topological polar surface area (TPSA) is 8.81 Å². The van der Waals surface area contributed by atoms with Gasteiger partial charge in [-0.2, -0.15) is 4.57 Å². The van der Waals surface area contributed by atoms with Crippen LogP contribution < -0.4 is 4.57 Å². The molecule has 0 radical (unpaired) electrons.